The van der Waals surface area contributed by atoms with Crippen molar-refractivity contribution >= 4 is 23.4 Å². The van der Waals surface area contributed by atoms with Crippen molar-refractivity contribution in [2.24, 2.45) is 11.8 Å². The van der Waals surface area contributed by atoms with Gasteiger partial charge in [-0.1, -0.05) is 36.0 Å². The third-order valence-corrected chi connectivity index (χ3v) is 5.84. The van der Waals surface area contributed by atoms with Crippen LogP contribution in [-0.4, -0.2) is 29.3 Å². The second kappa shape index (κ2) is 6.71. The van der Waals surface area contributed by atoms with Crippen molar-refractivity contribution < 1.29 is 14.4 Å². The Bertz CT molecular complexity index is 771. The fourth-order valence-electron chi connectivity index (χ4n) is 4.28. The van der Waals surface area contributed by atoms with Crippen LogP contribution >= 0.6 is 11.6 Å². The van der Waals surface area contributed by atoms with Crippen LogP contribution in [0.3, 0.4) is 0 Å². The summed E-state index contributed by atoms with van der Waals surface area (Å²) in [4.78, 5) is 14.0. The molecule has 1 N–H and O–H groups in total. The maximum Gasteiger partial charge on any atom is 0.343 e. The van der Waals surface area contributed by atoms with Crippen LogP contribution < -0.4 is 4.90 Å². The molecule has 1 saturated heterocycles. The van der Waals surface area contributed by atoms with Gasteiger partial charge in [-0.05, 0) is 48.9 Å². The SMILES string of the molecule is O=C(O)c1c(N2CC[C@@H]3CCCC[C@@H]3C2)noc1-c1ccc(Cl)cc1. The number of halogens is 1. The van der Waals surface area contributed by atoms with Gasteiger partial charge in [0.2, 0.25) is 0 Å². The molecule has 2 aromatic rings. The van der Waals surface area contributed by atoms with Crippen molar-refractivity contribution in [1.29, 1.82) is 0 Å². The minimum Gasteiger partial charge on any atom is -0.477 e. The largest absolute Gasteiger partial charge is 0.477 e. The fraction of sp³-hybridized carbons (Fsp3) is 0.474. The summed E-state index contributed by atoms with van der Waals surface area (Å²) in [5, 5.41) is 14.5. The molecule has 1 aliphatic heterocycles. The first-order chi connectivity index (χ1) is 12.1. The topological polar surface area (TPSA) is 66.6 Å². The van der Waals surface area contributed by atoms with Crippen LogP contribution in [-0.2, 0) is 0 Å². The van der Waals surface area contributed by atoms with Gasteiger partial charge in [-0.25, -0.2) is 4.79 Å². The quantitative estimate of drug-likeness (QED) is 0.858. The van der Waals surface area contributed by atoms with E-state index in [0.29, 0.717) is 28.1 Å². The Hall–Kier alpha value is -2.01. The summed E-state index contributed by atoms with van der Waals surface area (Å²) < 4.78 is 5.46. The third-order valence-electron chi connectivity index (χ3n) is 5.59. The lowest BCUT2D eigenvalue weighted by Gasteiger charge is -2.41. The lowest BCUT2D eigenvalue weighted by atomic mass is 9.75. The number of aromatic nitrogens is 1. The van der Waals surface area contributed by atoms with Gasteiger partial charge >= 0.3 is 5.97 Å². The number of benzene rings is 1. The number of rotatable bonds is 3. The summed E-state index contributed by atoms with van der Waals surface area (Å²) in [5.41, 5.74) is 0.824. The normalized spacial score (nSPS) is 23.3. The molecule has 0 unspecified atom stereocenters. The van der Waals surface area contributed by atoms with Crippen LogP contribution in [0.2, 0.25) is 5.02 Å². The van der Waals surface area contributed by atoms with Gasteiger partial charge in [0.05, 0.1) is 0 Å². The molecule has 25 heavy (non-hydrogen) atoms. The monoisotopic (exact) mass is 360 g/mol. The van der Waals surface area contributed by atoms with E-state index in [2.05, 4.69) is 10.1 Å². The van der Waals surface area contributed by atoms with Gasteiger partial charge in [0.1, 0.15) is 0 Å². The molecule has 4 rings (SSSR count). The van der Waals surface area contributed by atoms with Gasteiger partial charge in [0.15, 0.2) is 17.1 Å². The van der Waals surface area contributed by atoms with E-state index in [1.54, 1.807) is 24.3 Å². The maximum absolute atomic E-state index is 11.9. The van der Waals surface area contributed by atoms with Gasteiger partial charge in [-0.2, -0.15) is 0 Å². The second-order valence-electron chi connectivity index (χ2n) is 7.06. The molecule has 1 aliphatic carbocycles. The number of anilines is 1. The average Bonchev–Trinajstić information content (AvgIpc) is 3.07. The Morgan fingerprint density at radius 3 is 2.60 bits per heavy atom. The van der Waals surface area contributed by atoms with E-state index in [9.17, 15) is 9.90 Å². The molecule has 2 aliphatic rings. The van der Waals surface area contributed by atoms with Gasteiger partial charge in [-0.15, -0.1) is 0 Å². The number of carbonyl (C=O) groups is 1. The Morgan fingerprint density at radius 1 is 1.16 bits per heavy atom. The number of aromatic carboxylic acids is 1. The first-order valence-corrected chi connectivity index (χ1v) is 9.25. The highest BCUT2D eigenvalue weighted by molar-refractivity contribution is 6.30. The average molecular weight is 361 g/mol. The summed E-state index contributed by atoms with van der Waals surface area (Å²) in [6.07, 6.45) is 6.24. The van der Waals surface area contributed by atoms with Gasteiger partial charge in [0.25, 0.3) is 0 Å². The summed E-state index contributed by atoms with van der Waals surface area (Å²) in [7, 11) is 0. The number of hydrogen-bond donors (Lipinski definition) is 1. The number of carboxylic acids is 1. The summed E-state index contributed by atoms with van der Waals surface area (Å²) in [5.74, 6) is 1.17. The summed E-state index contributed by atoms with van der Waals surface area (Å²) in [6, 6.07) is 6.95. The molecular formula is C19H21ClN2O3. The first kappa shape index (κ1) is 16.5. The van der Waals surface area contributed by atoms with E-state index in [1.165, 1.54) is 25.7 Å². The minimum atomic E-state index is -1.01. The summed E-state index contributed by atoms with van der Waals surface area (Å²) >= 11 is 5.92. The molecule has 0 amide bonds. The smallest absolute Gasteiger partial charge is 0.343 e. The van der Waals surface area contributed by atoms with E-state index >= 15 is 0 Å². The molecule has 2 fully saturated rings. The highest BCUT2D eigenvalue weighted by atomic mass is 35.5. The van der Waals surface area contributed by atoms with E-state index in [-0.39, 0.29) is 5.56 Å². The zero-order valence-corrected chi connectivity index (χ0v) is 14.7. The van der Waals surface area contributed by atoms with E-state index < -0.39 is 5.97 Å². The highest BCUT2D eigenvalue weighted by Crippen LogP contribution is 2.39. The number of fused-ring (bicyclic) bond motifs is 1. The lowest BCUT2D eigenvalue weighted by molar-refractivity contribution is 0.0697. The maximum atomic E-state index is 11.9. The zero-order valence-electron chi connectivity index (χ0n) is 13.9. The van der Waals surface area contributed by atoms with Crippen LogP contribution in [0.5, 0.6) is 0 Å². The number of nitrogens with zero attached hydrogens (tertiary/aromatic N) is 2. The summed E-state index contributed by atoms with van der Waals surface area (Å²) in [6.45, 7) is 1.71. The van der Waals surface area contributed by atoms with Crippen molar-refractivity contribution in [3.05, 3.63) is 34.9 Å². The number of piperidine rings is 1. The van der Waals surface area contributed by atoms with Gasteiger partial charge in [-0.3, -0.25) is 0 Å². The van der Waals surface area contributed by atoms with Crippen molar-refractivity contribution in [2.75, 3.05) is 18.0 Å². The number of carboxylic acid groups (broad SMARTS) is 1. The van der Waals surface area contributed by atoms with Crippen molar-refractivity contribution in [1.82, 2.24) is 5.16 Å². The molecule has 1 saturated carbocycles. The van der Waals surface area contributed by atoms with E-state index in [0.717, 1.165) is 25.4 Å². The predicted octanol–water partition coefficient (Wildman–Crippen LogP) is 4.71. The Kier molecular flexibility index (Phi) is 4.42. The highest BCUT2D eigenvalue weighted by Gasteiger charge is 2.35. The molecule has 1 aromatic carbocycles. The zero-order chi connectivity index (χ0) is 17.4. The second-order valence-corrected chi connectivity index (χ2v) is 7.50. The molecule has 2 atom stereocenters. The molecule has 0 radical (unpaired) electrons. The predicted molar refractivity (Wildman–Crippen MR) is 96.2 cm³/mol. The molecule has 1 aromatic heterocycles. The molecule has 0 bridgehead atoms. The molecular weight excluding hydrogens is 340 g/mol. The Labute approximate surface area is 151 Å². The van der Waals surface area contributed by atoms with Crippen LogP contribution in [0.25, 0.3) is 11.3 Å². The minimum absolute atomic E-state index is 0.150. The third kappa shape index (κ3) is 3.13. The van der Waals surface area contributed by atoms with Crippen molar-refractivity contribution in [3.63, 3.8) is 0 Å². The Balaban J connectivity index is 1.66. The number of hydrogen-bond acceptors (Lipinski definition) is 4. The molecule has 0 spiro atoms. The van der Waals surface area contributed by atoms with Crippen LogP contribution in [0.15, 0.2) is 28.8 Å². The molecule has 5 nitrogen and oxygen atoms in total. The standard InChI is InChI=1S/C19H21ClN2O3/c20-15-7-5-13(6-8-15)17-16(19(23)24)18(21-25-17)22-10-9-12-3-1-2-4-14(12)11-22/h5-8,12,14H,1-4,9-11H2,(H,23,24)/t12-,14+/m0/s1. The van der Waals surface area contributed by atoms with Crippen LogP contribution in [0.1, 0.15) is 42.5 Å². The molecule has 132 valence electrons. The van der Waals surface area contributed by atoms with E-state index in [4.69, 9.17) is 16.1 Å². The van der Waals surface area contributed by atoms with E-state index in [1.807, 2.05) is 0 Å². The molecule has 6 heteroatoms. The van der Waals surface area contributed by atoms with Gasteiger partial charge in [0, 0.05) is 23.7 Å². The Morgan fingerprint density at radius 2 is 1.88 bits per heavy atom. The van der Waals surface area contributed by atoms with Crippen molar-refractivity contribution in [3.8, 4) is 11.3 Å². The van der Waals surface area contributed by atoms with Crippen LogP contribution in [0.4, 0.5) is 5.82 Å². The lowest BCUT2D eigenvalue weighted by Crippen LogP contribution is -2.42. The molecule has 2 heterocycles. The van der Waals surface area contributed by atoms with Gasteiger partial charge < -0.3 is 14.5 Å². The fourth-order valence-corrected chi connectivity index (χ4v) is 4.41. The first-order valence-electron chi connectivity index (χ1n) is 8.87. The van der Waals surface area contributed by atoms with Crippen LogP contribution in [0, 0.1) is 11.8 Å². The van der Waals surface area contributed by atoms with Crippen molar-refractivity contribution in [2.45, 2.75) is 32.1 Å².